The molecule has 0 radical (unpaired) electrons. The van der Waals surface area contributed by atoms with E-state index < -0.39 is 34.6 Å². The van der Waals surface area contributed by atoms with Crippen LogP contribution < -0.4 is 21.7 Å². The Morgan fingerprint density at radius 1 is 0.947 bits per heavy atom. The normalized spacial score (nSPS) is 12.0. The zero-order chi connectivity index (χ0) is 27.4. The lowest BCUT2D eigenvalue weighted by Crippen LogP contribution is -2.27. The van der Waals surface area contributed by atoms with E-state index in [0.29, 0.717) is 16.9 Å². The molecule has 0 aliphatic rings. The van der Waals surface area contributed by atoms with Gasteiger partial charge in [0.2, 0.25) is 0 Å². The van der Waals surface area contributed by atoms with E-state index in [1.165, 1.54) is 31.0 Å². The maximum Gasteiger partial charge on any atom is 0.418 e. The van der Waals surface area contributed by atoms with Crippen LogP contribution >= 0.6 is 22.9 Å². The average Bonchev–Trinajstić information content (AvgIpc) is 3.35. The van der Waals surface area contributed by atoms with Gasteiger partial charge in [-0.3, -0.25) is 9.59 Å². The number of alkyl halides is 3. The number of nitrogens with zero attached hydrogens (tertiary/aromatic N) is 6. The zero-order valence-corrected chi connectivity index (χ0v) is 20.7. The van der Waals surface area contributed by atoms with E-state index in [9.17, 15) is 22.8 Å². The van der Waals surface area contributed by atoms with Gasteiger partial charge in [0, 0.05) is 18.3 Å². The molecule has 0 fully saturated rings. The number of pyridine rings is 1. The van der Waals surface area contributed by atoms with Crippen molar-refractivity contribution in [1.82, 2.24) is 35.2 Å². The minimum atomic E-state index is -4.71. The summed E-state index contributed by atoms with van der Waals surface area (Å²) in [6.45, 7) is 1.64. The Balaban J connectivity index is 1.40. The van der Waals surface area contributed by atoms with Gasteiger partial charge in [-0.25, -0.2) is 29.9 Å². The summed E-state index contributed by atoms with van der Waals surface area (Å²) in [6, 6.07) is 2.89. The first kappa shape index (κ1) is 26.6. The number of rotatable bonds is 7. The van der Waals surface area contributed by atoms with Crippen LogP contribution in [0.2, 0.25) is 5.02 Å². The van der Waals surface area contributed by atoms with Gasteiger partial charge in [-0.05, 0) is 13.0 Å². The number of hydrogen-bond donors (Lipinski definition) is 4. The number of halogens is 4. The van der Waals surface area contributed by atoms with E-state index >= 15 is 0 Å². The van der Waals surface area contributed by atoms with Gasteiger partial charge in [-0.15, -0.1) is 11.3 Å². The highest BCUT2D eigenvalue weighted by Crippen LogP contribution is 2.35. The van der Waals surface area contributed by atoms with Crippen molar-refractivity contribution in [3.05, 3.63) is 69.4 Å². The second-order valence-electron chi connectivity index (χ2n) is 7.50. The minimum absolute atomic E-state index is 0.0418. The molecule has 0 aliphatic carbocycles. The van der Waals surface area contributed by atoms with Crippen LogP contribution in [0.1, 0.15) is 43.7 Å². The van der Waals surface area contributed by atoms with Crippen molar-refractivity contribution >= 4 is 58.0 Å². The van der Waals surface area contributed by atoms with Crippen molar-refractivity contribution in [2.24, 2.45) is 0 Å². The summed E-state index contributed by atoms with van der Waals surface area (Å²) in [5.74, 6) is -0.707. The Bertz CT molecular complexity index is 1500. The predicted octanol–water partition coefficient (Wildman–Crippen LogP) is 3.86. The highest BCUT2D eigenvalue weighted by atomic mass is 35.5. The van der Waals surface area contributed by atoms with Crippen LogP contribution in [0.4, 0.5) is 36.4 Å². The predicted molar refractivity (Wildman–Crippen MR) is 132 cm³/mol. The van der Waals surface area contributed by atoms with Crippen molar-refractivity contribution < 1.29 is 22.8 Å². The van der Waals surface area contributed by atoms with Gasteiger partial charge in [0.25, 0.3) is 11.8 Å². The molecule has 0 saturated carbocycles. The molecule has 12 nitrogen and oxygen atoms in total. The van der Waals surface area contributed by atoms with Gasteiger partial charge in [0.1, 0.15) is 51.5 Å². The summed E-state index contributed by atoms with van der Waals surface area (Å²) in [6.07, 6.45) is -0.226. The number of nitrogens with two attached hydrogens (primary N) is 1. The summed E-state index contributed by atoms with van der Waals surface area (Å²) < 4.78 is 39.2. The van der Waals surface area contributed by atoms with Crippen molar-refractivity contribution in [2.75, 3.05) is 16.4 Å². The molecule has 4 heterocycles. The van der Waals surface area contributed by atoms with E-state index in [0.717, 1.165) is 17.5 Å². The van der Waals surface area contributed by atoms with Crippen molar-refractivity contribution in [3.8, 4) is 0 Å². The number of anilines is 4. The van der Waals surface area contributed by atoms with Crippen LogP contribution in [-0.2, 0) is 6.18 Å². The van der Waals surface area contributed by atoms with Crippen LogP contribution in [0.15, 0.2) is 43.2 Å². The molecule has 1 atom stereocenters. The fraction of sp³-hybridized carbons (Fsp3) is 0.143. The number of nitrogen functional groups attached to an aromatic ring is 1. The monoisotopic (exact) mass is 564 g/mol. The van der Waals surface area contributed by atoms with E-state index in [1.807, 2.05) is 0 Å². The number of hydrogen-bond acceptors (Lipinski definition) is 11. The highest BCUT2D eigenvalue weighted by Gasteiger charge is 2.34. The number of amides is 2. The Morgan fingerprint density at radius 3 is 2.37 bits per heavy atom. The van der Waals surface area contributed by atoms with Crippen LogP contribution in [0.25, 0.3) is 0 Å². The second kappa shape index (κ2) is 10.9. The number of nitrogens with one attached hydrogen (secondary N) is 3. The summed E-state index contributed by atoms with van der Waals surface area (Å²) in [4.78, 5) is 48.9. The summed E-state index contributed by atoms with van der Waals surface area (Å²) in [7, 11) is 0. The maximum atomic E-state index is 13.1. The first-order valence-electron chi connectivity index (χ1n) is 10.5. The van der Waals surface area contributed by atoms with Gasteiger partial charge in [-0.2, -0.15) is 13.2 Å². The smallest absolute Gasteiger partial charge is 0.384 e. The van der Waals surface area contributed by atoms with E-state index in [-0.39, 0.29) is 28.0 Å². The molecule has 0 aliphatic heterocycles. The SMILES string of the molecule is CC(NC(=O)c1cc(Nc2cc(N)ncn2)ncn1)c1ncc(C(=O)Nc2cc(C(F)(F)F)c(Cl)cn2)s1. The van der Waals surface area contributed by atoms with Crippen LogP contribution in [0.5, 0.6) is 0 Å². The standard InChI is InChI=1S/C21H16ClF3N10O2S/c1-9(33-18(36)12-3-16(31-7-29-12)34-17-4-14(26)30-8-32-17)20-28-6-13(38-20)19(37)35-15-2-10(21(23,24)25)11(22)5-27-15/h2-9H,1H3,(H,33,36)(H,27,35,37)(H3,26,29,30,31,32,34). The molecule has 4 aromatic rings. The fourth-order valence-corrected chi connectivity index (χ4v) is 3.98. The zero-order valence-electron chi connectivity index (χ0n) is 19.1. The van der Waals surface area contributed by atoms with Gasteiger partial charge in [-0.1, -0.05) is 11.6 Å². The molecule has 38 heavy (non-hydrogen) atoms. The third-order valence-corrected chi connectivity index (χ3v) is 6.19. The summed E-state index contributed by atoms with van der Waals surface area (Å²) in [5, 5.41) is 7.65. The Morgan fingerprint density at radius 2 is 1.66 bits per heavy atom. The van der Waals surface area contributed by atoms with E-state index in [2.05, 4.69) is 45.9 Å². The van der Waals surface area contributed by atoms with Gasteiger partial charge in [0.15, 0.2) is 0 Å². The molecule has 1 unspecified atom stereocenters. The number of thiazole rings is 1. The lowest BCUT2D eigenvalue weighted by atomic mass is 10.2. The van der Waals surface area contributed by atoms with Crippen molar-refractivity contribution in [1.29, 1.82) is 0 Å². The summed E-state index contributed by atoms with van der Waals surface area (Å²) in [5.41, 5.74) is 4.53. The van der Waals surface area contributed by atoms with Crippen LogP contribution in [0.3, 0.4) is 0 Å². The topological polar surface area (TPSA) is 174 Å². The fourth-order valence-electron chi connectivity index (χ4n) is 2.95. The average molecular weight is 565 g/mol. The molecule has 0 aromatic carbocycles. The van der Waals surface area contributed by atoms with Crippen molar-refractivity contribution in [2.45, 2.75) is 19.1 Å². The maximum absolute atomic E-state index is 13.1. The molecular weight excluding hydrogens is 549 g/mol. The number of carbonyl (C=O) groups is 2. The molecule has 0 bridgehead atoms. The molecule has 0 saturated heterocycles. The van der Waals surface area contributed by atoms with Gasteiger partial charge in [0.05, 0.1) is 22.8 Å². The van der Waals surface area contributed by atoms with E-state index in [1.54, 1.807) is 6.92 Å². The third kappa shape index (κ3) is 6.46. The molecule has 17 heteroatoms. The lowest BCUT2D eigenvalue weighted by Gasteiger charge is -2.11. The molecule has 4 aromatic heterocycles. The molecule has 5 N–H and O–H groups in total. The molecule has 2 amide bonds. The molecule has 0 spiro atoms. The Kier molecular flexibility index (Phi) is 7.63. The molecule has 196 valence electrons. The Hall–Kier alpha value is -4.44. The quantitative estimate of drug-likeness (QED) is 0.258. The number of aromatic nitrogens is 6. The Labute approximate surface area is 220 Å². The highest BCUT2D eigenvalue weighted by molar-refractivity contribution is 7.13. The molecular formula is C21H16ClF3N10O2S. The lowest BCUT2D eigenvalue weighted by molar-refractivity contribution is -0.137. The first-order valence-corrected chi connectivity index (χ1v) is 11.7. The van der Waals surface area contributed by atoms with Crippen LogP contribution in [0, 0.1) is 0 Å². The largest absolute Gasteiger partial charge is 0.418 e. The van der Waals surface area contributed by atoms with Gasteiger partial charge < -0.3 is 21.7 Å². The van der Waals surface area contributed by atoms with Gasteiger partial charge >= 0.3 is 6.18 Å². The van der Waals surface area contributed by atoms with E-state index in [4.69, 9.17) is 17.3 Å². The van der Waals surface area contributed by atoms with Crippen molar-refractivity contribution in [3.63, 3.8) is 0 Å². The first-order chi connectivity index (χ1) is 18.0. The minimum Gasteiger partial charge on any atom is -0.384 e. The second-order valence-corrected chi connectivity index (χ2v) is 8.97. The number of carbonyl (C=O) groups excluding carboxylic acids is 2. The van der Waals surface area contributed by atoms with Crippen LogP contribution in [-0.4, -0.2) is 41.7 Å². The third-order valence-electron chi connectivity index (χ3n) is 4.71. The molecule has 4 rings (SSSR count). The summed E-state index contributed by atoms with van der Waals surface area (Å²) >= 11 is 6.49.